The summed E-state index contributed by atoms with van der Waals surface area (Å²) in [6.07, 6.45) is 0. The lowest BCUT2D eigenvalue weighted by molar-refractivity contribution is 0.0939. The van der Waals surface area contributed by atoms with Gasteiger partial charge in [-0.1, -0.05) is 28.1 Å². The lowest BCUT2D eigenvalue weighted by Crippen LogP contribution is -2.27. The molecule has 0 fully saturated rings. The maximum atomic E-state index is 12.3. The first-order valence-corrected chi connectivity index (χ1v) is 7.67. The molecule has 5 heteroatoms. The highest BCUT2D eigenvalue weighted by Crippen LogP contribution is 2.22. The Labute approximate surface area is 134 Å². The summed E-state index contributed by atoms with van der Waals surface area (Å²) in [5.74, 6) is -0.156. The van der Waals surface area contributed by atoms with Crippen molar-refractivity contribution in [3.63, 3.8) is 0 Å². The Bertz CT molecular complexity index is 644. The van der Waals surface area contributed by atoms with Gasteiger partial charge in [-0.2, -0.15) is 0 Å². The van der Waals surface area contributed by atoms with Crippen LogP contribution in [0.3, 0.4) is 0 Å². The topological polar surface area (TPSA) is 55.1 Å². The standard InChI is InChI=1S/C15H14Br2N2O/c1-9(10-3-2-4-11(16)7-10)19-15(20)13-8-12(18)5-6-14(13)17/h2-9H,18H2,1H3,(H,19,20)/t9-/m0/s1. The Kier molecular flexibility index (Phi) is 4.83. The fourth-order valence-electron chi connectivity index (χ4n) is 1.85. The zero-order valence-electron chi connectivity index (χ0n) is 10.9. The Hall–Kier alpha value is -1.33. The van der Waals surface area contributed by atoms with Crippen LogP contribution in [0.4, 0.5) is 5.69 Å². The van der Waals surface area contributed by atoms with Crippen molar-refractivity contribution in [1.82, 2.24) is 5.32 Å². The molecule has 20 heavy (non-hydrogen) atoms. The van der Waals surface area contributed by atoms with E-state index in [9.17, 15) is 4.79 Å². The molecule has 0 aromatic heterocycles. The zero-order chi connectivity index (χ0) is 14.7. The van der Waals surface area contributed by atoms with E-state index in [0.29, 0.717) is 11.3 Å². The van der Waals surface area contributed by atoms with Gasteiger partial charge in [0.15, 0.2) is 0 Å². The van der Waals surface area contributed by atoms with Gasteiger partial charge in [-0.15, -0.1) is 0 Å². The molecule has 2 aromatic carbocycles. The van der Waals surface area contributed by atoms with Crippen LogP contribution in [-0.2, 0) is 0 Å². The number of hydrogen-bond acceptors (Lipinski definition) is 2. The molecule has 0 saturated carbocycles. The van der Waals surface area contributed by atoms with E-state index in [2.05, 4.69) is 37.2 Å². The van der Waals surface area contributed by atoms with Gasteiger partial charge in [0, 0.05) is 14.6 Å². The fourth-order valence-corrected chi connectivity index (χ4v) is 2.69. The monoisotopic (exact) mass is 396 g/mol. The lowest BCUT2D eigenvalue weighted by Gasteiger charge is -2.15. The molecule has 3 N–H and O–H groups in total. The largest absolute Gasteiger partial charge is 0.399 e. The highest BCUT2D eigenvalue weighted by atomic mass is 79.9. The number of amides is 1. The third kappa shape index (κ3) is 3.61. The predicted octanol–water partition coefficient (Wildman–Crippen LogP) is 4.28. The second-order valence-corrected chi connectivity index (χ2v) is 6.26. The molecule has 3 nitrogen and oxygen atoms in total. The number of rotatable bonds is 3. The highest BCUT2D eigenvalue weighted by molar-refractivity contribution is 9.10. The predicted molar refractivity (Wildman–Crippen MR) is 88.6 cm³/mol. The smallest absolute Gasteiger partial charge is 0.252 e. The third-order valence-corrected chi connectivity index (χ3v) is 4.12. The van der Waals surface area contributed by atoms with Crippen LogP contribution in [0.2, 0.25) is 0 Å². The summed E-state index contributed by atoms with van der Waals surface area (Å²) in [7, 11) is 0. The van der Waals surface area contributed by atoms with E-state index in [4.69, 9.17) is 5.73 Å². The van der Waals surface area contributed by atoms with Crippen molar-refractivity contribution < 1.29 is 4.79 Å². The van der Waals surface area contributed by atoms with Crippen molar-refractivity contribution in [1.29, 1.82) is 0 Å². The van der Waals surface area contributed by atoms with Crippen LogP contribution in [0, 0.1) is 0 Å². The average Bonchev–Trinajstić information content (AvgIpc) is 2.41. The van der Waals surface area contributed by atoms with Crippen molar-refractivity contribution in [2.75, 3.05) is 5.73 Å². The van der Waals surface area contributed by atoms with Crippen LogP contribution in [0.15, 0.2) is 51.4 Å². The van der Waals surface area contributed by atoms with Gasteiger partial charge >= 0.3 is 0 Å². The van der Waals surface area contributed by atoms with Crippen LogP contribution < -0.4 is 11.1 Å². The molecule has 0 aliphatic carbocycles. The number of carbonyl (C=O) groups is 1. The van der Waals surface area contributed by atoms with Gasteiger partial charge in [-0.25, -0.2) is 0 Å². The van der Waals surface area contributed by atoms with E-state index in [-0.39, 0.29) is 11.9 Å². The van der Waals surface area contributed by atoms with E-state index in [1.54, 1.807) is 18.2 Å². The van der Waals surface area contributed by atoms with E-state index >= 15 is 0 Å². The van der Waals surface area contributed by atoms with Gasteiger partial charge < -0.3 is 11.1 Å². The Morgan fingerprint density at radius 3 is 2.65 bits per heavy atom. The Morgan fingerprint density at radius 2 is 1.95 bits per heavy atom. The van der Waals surface area contributed by atoms with E-state index in [1.165, 1.54) is 0 Å². The second kappa shape index (κ2) is 6.41. The normalized spacial score (nSPS) is 11.9. The number of nitrogen functional groups attached to an aromatic ring is 1. The molecule has 0 saturated heterocycles. The van der Waals surface area contributed by atoms with Gasteiger partial charge in [0.05, 0.1) is 11.6 Å². The number of carbonyl (C=O) groups excluding carboxylic acids is 1. The van der Waals surface area contributed by atoms with E-state index in [0.717, 1.165) is 14.5 Å². The van der Waals surface area contributed by atoms with E-state index < -0.39 is 0 Å². The summed E-state index contributed by atoms with van der Waals surface area (Å²) in [5.41, 5.74) is 7.85. The molecular weight excluding hydrogens is 384 g/mol. The van der Waals surface area contributed by atoms with Crippen LogP contribution in [-0.4, -0.2) is 5.91 Å². The fraction of sp³-hybridized carbons (Fsp3) is 0.133. The lowest BCUT2D eigenvalue weighted by atomic mass is 10.1. The SMILES string of the molecule is C[C@H](NC(=O)c1cc(N)ccc1Br)c1cccc(Br)c1. The number of hydrogen-bond donors (Lipinski definition) is 2. The molecule has 0 aliphatic heterocycles. The molecule has 2 aromatic rings. The number of anilines is 1. The second-order valence-electron chi connectivity index (χ2n) is 4.49. The molecule has 1 amide bonds. The summed E-state index contributed by atoms with van der Waals surface area (Å²) in [6.45, 7) is 1.94. The zero-order valence-corrected chi connectivity index (χ0v) is 14.0. The first-order chi connectivity index (χ1) is 9.47. The first kappa shape index (κ1) is 15.1. The van der Waals surface area contributed by atoms with Gasteiger partial charge in [-0.05, 0) is 58.7 Å². The van der Waals surface area contributed by atoms with Crippen LogP contribution in [0.25, 0.3) is 0 Å². The Balaban J connectivity index is 2.17. The maximum absolute atomic E-state index is 12.3. The quantitative estimate of drug-likeness (QED) is 0.759. The van der Waals surface area contributed by atoms with Crippen molar-refractivity contribution >= 4 is 43.5 Å². The number of benzene rings is 2. The summed E-state index contributed by atoms with van der Waals surface area (Å²) in [5, 5.41) is 2.96. The molecule has 1 atom stereocenters. The molecule has 0 aliphatic rings. The highest BCUT2D eigenvalue weighted by Gasteiger charge is 2.14. The maximum Gasteiger partial charge on any atom is 0.252 e. The van der Waals surface area contributed by atoms with Crippen molar-refractivity contribution in [2.45, 2.75) is 13.0 Å². The molecule has 104 valence electrons. The first-order valence-electron chi connectivity index (χ1n) is 6.08. The van der Waals surface area contributed by atoms with Gasteiger partial charge in [0.25, 0.3) is 5.91 Å². The summed E-state index contributed by atoms with van der Waals surface area (Å²) in [4.78, 5) is 12.3. The van der Waals surface area contributed by atoms with Crippen LogP contribution in [0.5, 0.6) is 0 Å². The number of nitrogens with two attached hydrogens (primary N) is 1. The van der Waals surface area contributed by atoms with Gasteiger partial charge in [0.1, 0.15) is 0 Å². The molecule has 0 radical (unpaired) electrons. The summed E-state index contributed by atoms with van der Waals surface area (Å²) < 4.78 is 1.71. The Morgan fingerprint density at radius 1 is 1.20 bits per heavy atom. The molecule has 0 unspecified atom stereocenters. The summed E-state index contributed by atoms with van der Waals surface area (Å²) in [6, 6.07) is 12.9. The van der Waals surface area contributed by atoms with E-state index in [1.807, 2.05) is 31.2 Å². The van der Waals surface area contributed by atoms with Crippen molar-refractivity contribution in [3.05, 3.63) is 62.5 Å². The minimum Gasteiger partial charge on any atom is -0.399 e. The number of halogens is 2. The molecule has 0 heterocycles. The minimum atomic E-state index is -0.156. The molecule has 2 rings (SSSR count). The number of nitrogens with one attached hydrogen (secondary N) is 1. The third-order valence-electron chi connectivity index (χ3n) is 2.93. The van der Waals surface area contributed by atoms with Crippen LogP contribution >= 0.6 is 31.9 Å². The minimum absolute atomic E-state index is 0.0895. The van der Waals surface area contributed by atoms with Crippen molar-refractivity contribution in [3.8, 4) is 0 Å². The molecule has 0 spiro atoms. The molecular formula is C15H14Br2N2O. The summed E-state index contributed by atoms with van der Waals surface area (Å²) >= 11 is 6.79. The van der Waals surface area contributed by atoms with Crippen LogP contribution in [0.1, 0.15) is 28.9 Å². The van der Waals surface area contributed by atoms with Gasteiger partial charge in [0.2, 0.25) is 0 Å². The van der Waals surface area contributed by atoms with Crippen molar-refractivity contribution in [2.24, 2.45) is 0 Å². The molecule has 0 bridgehead atoms. The average molecular weight is 398 g/mol. The van der Waals surface area contributed by atoms with Gasteiger partial charge in [-0.3, -0.25) is 4.79 Å².